The van der Waals surface area contributed by atoms with Crippen molar-refractivity contribution in [1.29, 1.82) is 0 Å². The van der Waals surface area contributed by atoms with Crippen LogP contribution in [0.25, 0.3) is 11.0 Å². The Morgan fingerprint density at radius 1 is 1.30 bits per heavy atom. The van der Waals surface area contributed by atoms with Gasteiger partial charge in [0.05, 0.1) is 6.42 Å². The van der Waals surface area contributed by atoms with Gasteiger partial charge in [0.15, 0.2) is 5.58 Å². The molecule has 2 aliphatic rings. The maximum Gasteiger partial charge on any atom is 0.228 e. The Bertz CT molecular complexity index is 639. The second kappa shape index (κ2) is 4.59. The monoisotopic (exact) mass is 271 g/mol. The molecule has 2 saturated heterocycles. The van der Waals surface area contributed by atoms with E-state index in [1.165, 1.54) is 0 Å². The van der Waals surface area contributed by atoms with Crippen LogP contribution >= 0.6 is 0 Å². The summed E-state index contributed by atoms with van der Waals surface area (Å²) in [4.78, 5) is 14.4. The summed E-state index contributed by atoms with van der Waals surface area (Å²) in [6.07, 6.45) is 0.337. The van der Waals surface area contributed by atoms with Gasteiger partial charge in [0.2, 0.25) is 5.91 Å². The molecule has 104 valence electrons. The van der Waals surface area contributed by atoms with Gasteiger partial charge in [0.1, 0.15) is 5.69 Å². The van der Waals surface area contributed by atoms with Crippen LogP contribution in [-0.4, -0.2) is 42.1 Å². The smallest absolute Gasteiger partial charge is 0.228 e. The number of likely N-dealkylation sites (tertiary alicyclic amines) is 1. The molecule has 0 radical (unpaired) electrons. The molecule has 0 bridgehead atoms. The molecule has 2 fully saturated rings. The van der Waals surface area contributed by atoms with Gasteiger partial charge in [-0.2, -0.15) is 0 Å². The van der Waals surface area contributed by atoms with Crippen LogP contribution in [0.2, 0.25) is 0 Å². The molecule has 1 N–H and O–H groups in total. The number of para-hydroxylation sites is 1. The molecule has 5 nitrogen and oxygen atoms in total. The zero-order valence-corrected chi connectivity index (χ0v) is 11.2. The van der Waals surface area contributed by atoms with Crippen molar-refractivity contribution in [2.24, 2.45) is 11.8 Å². The van der Waals surface area contributed by atoms with E-state index < -0.39 is 0 Å². The van der Waals surface area contributed by atoms with E-state index in [0.717, 1.165) is 42.8 Å². The zero-order valence-electron chi connectivity index (χ0n) is 11.2. The van der Waals surface area contributed by atoms with Gasteiger partial charge in [0, 0.05) is 31.6 Å². The molecule has 2 atom stereocenters. The Hall–Kier alpha value is -1.88. The molecule has 0 unspecified atom stereocenters. The highest BCUT2D eigenvalue weighted by Crippen LogP contribution is 2.27. The third-order valence-electron chi connectivity index (χ3n) is 4.51. The third kappa shape index (κ3) is 1.89. The minimum absolute atomic E-state index is 0.165. The fraction of sp³-hybridized carbons (Fsp3) is 0.467. The number of fused-ring (bicyclic) bond motifs is 2. The molecular weight excluding hydrogens is 254 g/mol. The molecule has 0 aliphatic carbocycles. The number of hydrogen-bond acceptors (Lipinski definition) is 4. The SMILES string of the molecule is O=C(Cc1noc2ccccc12)N1C[C@H]2CNC[C@H]2C1. The molecule has 2 aliphatic heterocycles. The number of aromatic nitrogens is 1. The Morgan fingerprint density at radius 2 is 2.05 bits per heavy atom. The average molecular weight is 271 g/mol. The topological polar surface area (TPSA) is 58.4 Å². The first-order chi connectivity index (χ1) is 9.81. The van der Waals surface area contributed by atoms with Gasteiger partial charge >= 0.3 is 0 Å². The summed E-state index contributed by atoms with van der Waals surface area (Å²) in [6.45, 7) is 3.85. The predicted octanol–water partition coefficient (Wildman–Crippen LogP) is 1.05. The van der Waals surface area contributed by atoms with E-state index in [4.69, 9.17) is 4.52 Å². The number of amides is 1. The Labute approximate surface area is 116 Å². The summed E-state index contributed by atoms with van der Waals surface area (Å²) in [6, 6.07) is 7.69. The highest BCUT2D eigenvalue weighted by Gasteiger charge is 2.38. The lowest BCUT2D eigenvalue weighted by molar-refractivity contribution is -0.129. The number of nitrogens with one attached hydrogen (secondary N) is 1. The Kier molecular flexibility index (Phi) is 2.73. The van der Waals surface area contributed by atoms with Crippen molar-refractivity contribution in [2.45, 2.75) is 6.42 Å². The minimum Gasteiger partial charge on any atom is -0.356 e. The summed E-state index contributed by atoms with van der Waals surface area (Å²) < 4.78 is 5.26. The molecule has 1 aromatic heterocycles. The average Bonchev–Trinajstić information content (AvgIpc) is 3.12. The maximum atomic E-state index is 12.4. The van der Waals surface area contributed by atoms with E-state index in [2.05, 4.69) is 10.5 Å². The van der Waals surface area contributed by atoms with Crippen LogP contribution in [0.4, 0.5) is 0 Å². The number of nitrogens with zero attached hydrogens (tertiary/aromatic N) is 2. The summed E-state index contributed by atoms with van der Waals surface area (Å²) in [5.41, 5.74) is 1.50. The number of benzene rings is 1. The molecule has 4 rings (SSSR count). The normalized spacial score (nSPS) is 25.3. The van der Waals surface area contributed by atoms with Crippen LogP contribution in [0.3, 0.4) is 0 Å². The lowest BCUT2D eigenvalue weighted by atomic mass is 10.0. The summed E-state index contributed by atoms with van der Waals surface area (Å²) >= 11 is 0. The minimum atomic E-state index is 0.165. The Morgan fingerprint density at radius 3 is 2.85 bits per heavy atom. The number of rotatable bonds is 2. The van der Waals surface area contributed by atoms with Crippen LogP contribution in [0.1, 0.15) is 5.69 Å². The summed E-state index contributed by atoms with van der Waals surface area (Å²) in [7, 11) is 0. The van der Waals surface area contributed by atoms with Gasteiger partial charge in [-0.15, -0.1) is 0 Å². The zero-order chi connectivity index (χ0) is 13.5. The van der Waals surface area contributed by atoms with E-state index in [9.17, 15) is 4.79 Å². The first-order valence-electron chi connectivity index (χ1n) is 7.13. The summed E-state index contributed by atoms with van der Waals surface area (Å²) in [5.74, 6) is 1.43. The molecule has 1 amide bonds. The molecule has 1 aromatic carbocycles. The third-order valence-corrected chi connectivity index (χ3v) is 4.51. The van der Waals surface area contributed by atoms with Gasteiger partial charge in [-0.25, -0.2) is 0 Å². The van der Waals surface area contributed by atoms with E-state index in [1.54, 1.807) is 0 Å². The van der Waals surface area contributed by atoms with Crippen LogP contribution in [-0.2, 0) is 11.2 Å². The molecule has 20 heavy (non-hydrogen) atoms. The number of carbonyl (C=O) groups excluding carboxylic acids is 1. The van der Waals surface area contributed by atoms with Crippen LogP contribution in [0.5, 0.6) is 0 Å². The van der Waals surface area contributed by atoms with Crippen molar-refractivity contribution in [3.05, 3.63) is 30.0 Å². The van der Waals surface area contributed by atoms with E-state index in [0.29, 0.717) is 18.3 Å². The second-order valence-corrected chi connectivity index (χ2v) is 5.78. The van der Waals surface area contributed by atoms with Crippen molar-refractivity contribution >= 4 is 16.9 Å². The molecule has 5 heteroatoms. The molecule has 2 aromatic rings. The largest absolute Gasteiger partial charge is 0.356 e. The van der Waals surface area contributed by atoms with Crippen LogP contribution < -0.4 is 5.32 Å². The molecule has 3 heterocycles. The fourth-order valence-electron chi connectivity index (χ4n) is 3.38. The molecule has 0 saturated carbocycles. The van der Waals surface area contributed by atoms with Gasteiger partial charge in [0.25, 0.3) is 0 Å². The van der Waals surface area contributed by atoms with E-state index in [1.807, 2.05) is 29.2 Å². The van der Waals surface area contributed by atoms with Crippen molar-refractivity contribution in [2.75, 3.05) is 26.2 Å². The lowest BCUT2D eigenvalue weighted by Crippen LogP contribution is -2.33. The fourth-order valence-corrected chi connectivity index (χ4v) is 3.38. The van der Waals surface area contributed by atoms with Gasteiger partial charge in [-0.3, -0.25) is 4.79 Å². The van der Waals surface area contributed by atoms with Crippen molar-refractivity contribution in [3.8, 4) is 0 Å². The molecular formula is C15H17N3O2. The quantitative estimate of drug-likeness (QED) is 0.887. The van der Waals surface area contributed by atoms with Gasteiger partial charge < -0.3 is 14.7 Å². The second-order valence-electron chi connectivity index (χ2n) is 5.78. The highest BCUT2D eigenvalue weighted by molar-refractivity contribution is 5.86. The maximum absolute atomic E-state index is 12.4. The first-order valence-corrected chi connectivity index (χ1v) is 7.13. The number of hydrogen-bond donors (Lipinski definition) is 1. The van der Waals surface area contributed by atoms with Crippen molar-refractivity contribution < 1.29 is 9.32 Å². The van der Waals surface area contributed by atoms with E-state index in [-0.39, 0.29) is 5.91 Å². The predicted molar refractivity (Wildman–Crippen MR) is 74.1 cm³/mol. The molecule has 0 spiro atoms. The van der Waals surface area contributed by atoms with Gasteiger partial charge in [-0.1, -0.05) is 17.3 Å². The highest BCUT2D eigenvalue weighted by atomic mass is 16.5. The lowest BCUT2D eigenvalue weighted by Gasteiger charge is -2.16. The van der Waals surface area contributed by atoms with Gasteiger partial charge in [-0.05, 0) is 24.0 Å². The standard InChI is InChI=1S/C15H17N3O2/c19-15(18-8-10-6-16-7-11(10)9-18)5-13-12-3-1-2-4-14(12)20-17-13/h1-4,10-11,16H,5-9H2/t10-,11+. The van der Waals surface area contributed by atoms with Crippen molar-refractivity contribution in [1.82, 2.24) is 15.4 Å². The summed E-state index contributed by atoms with van der Waals surface area (Å²) in [5, 5.41) is 8.38. The van der Waals surface area contributed by atoms with Crippen LogP contribution in [0.15, 0.2) is 28.8 Å². The first kappa shape index (κ1) is 11.9. The van der Waals surface area contributed by atoms with Crippen LogP contribution in [0, 0.1) is 11.8 Å². The number of carbonyl (C=O) groups is 1. The Balaban J connectivity index is 1.50. The van der Waals surface area contributed by atoms with Crippen molar-refractivity contribution in [3.63, 3.8) is 0 Å². The van der Waals surface area contributed by atoms with E-state index >= 15 is 0 Å².